The molecule has 0 bridgehead atoms. The van der Waals surface area contributed by atoms with Gasteiger partial charge in [0, 0.05) is 22.5 Å². The number of H-pyrrole nitrogens is 1. The lowest BCUT2D eigenvalue weighted by Gasteiger charge is -2.10. The van der Waals surface area contributed by atoms with Crippen LogP contribution in [-0.4, -0.2) is 26.5 Å². The number of carbonyl (C=O) groups excluding carboxylic acids is 2. The third kappa shape index (κ3) is 1.96. The summed E-state index contributed by atoms with van der Waals surface area (Å²) in [7, 11) is 0. The van der Waals surface area contributed by atoms with Crippen LogP contribution in [0.25, 0.3) is 33.2 Å². The van der Waals surface area contributed by atoms with Crippen LogP contribution < -0.4 is 0 Å². The molecule has 25 heavy (non-hydrogen) atoms. The van der Waals surface area contributed by atoms with E-state index in [1.165, 1.54) is 12.2 Å². The molecule has 118 valence electrons. The summed E-state index contributed by atoms with van der Waals surface area (Å²) in [6.45, 7) is 0. The van der Waals surface area contributed by atoms with Gasteiger partial charge in [-0.2, -0.15) is 0 Å². The molecule has 1 aliphatic carbocycles. The van der Waals surface area contributed by atoms with E-state index in [9.17, 15) is 9.59 Å². The van der Waals surface area contributed by atoms with Crippen molar-refractivity contribution in [2.24, 2.45) is 0 Å². The molecule has 0 aliphatic heterocycles. The van der Waals surface area contributed by atoms with Crippen molar-refractivity contribution in [2.75, 3.05) is 0 Å². The molecular formula is C20H11N3O2. The third-order valence-corrected chi connectivity index (χ3v) is 4.45. The number of carbonyl (C=O) groups is 2. The summed E-state index contributed by atoms with van der Waals surface area (Å²) < 4.78 is 0. The number of nitrogens with zero attached hydrogens (tertiary/aromatic N) is 2. The van der Waals surface area contributed by atoms with Gasteiger partial charge in [0.15, 0.2) is 5.78 Å². The van der Waals surface area contributed by atoms with Crippen molar-refractivity contribution in [1.29, 1.82) is 0 Å². The fourth-order valence-corrected chi connectivity index (χ4v) is 3.27. The lowest BCUT2D eigenvalue weighted by atomic mass is 9.99. The van der Waals surface area contributed by atoms with Gasteiger partial charge in [-0.15, -0.1) is 0 Å². The van der Waals surface area contributed by atoms with Crippen molar-refractivity contribution in [3.8, 4) is 11.4 Å². The first-order chi connectivity index (χ1) is 12.2. The summed E-state index contributed by atoms with van der Waals surface area (Å²) in [5.74, 6) is -0.467. The van der Waals surface area contributed by atoms with Crippen LogP contribution in [0.5, 0.6) is 0 Å². The monoisotopic (exact) mass is 325 g/mol. The van der Waals surface area contributed by atoms with E-state index >= 15 is 0 Å². The van der Waals surface area contributed by atoms with Crippen LogP contribution in [0.2, 0.25) is 0 Å². The predicted octanol–water partition coefficient (Wildman–Crippen LogP) is 3.71. The summed E-state index contributed by atoms with van der Waals surface area (Å²) in [6.07, 6.45) is 4.27. The Morgan fingerprint density at radius 1 is 0.800 bits per heavy atom. The number of hydrogen-bond acceptors (Lipinski definition) is 4. The second kappa shape index (κ2) is 4.95. The SMILES string of the molecule is O=C1C=CC(=O)c2nc(-c3nccc4c3[nH]c3ccccc34)ccc21. The van der Waals surface area contributed by atoms with Gasteiger partial charge in [-0.3, -0.25) is 14.6 Å². The standard InChI is InChI=1S/C20H11N3O2/c24-16-7-8-17(25)18-13(16)5-6-15(23-18)20-19-12(9-10-21-20)11-3-1-2-4-14(11)22-19/h1-10,22H. The van der Waals surface area contributed by atoms with Crippen LogP contribution >= 0.6 is 0 Å². The van der Waals surface area contributed by atoms with Crippen LogP contribution in [0.4, 0.5) is 0 Å². The van der Waals surface area contributed by atoms with Gasteiger partial charge in [0.1, 0.15) is 11.4 Å². The molecule has 5 heteroatoms. The second-order valence-electron chi connectivity index (χ2n) is 5.91. The Kier molecular flexibility index (Phi) is 2.73. The highest BCUT2D eigenvalue weighted by Crippen LogP contribution is 2.31. The number of allylic oxidation sites excluding steroid dienone is 2. The zero-order valence-electron chi connectivity index (χ0n) is 13.0. The van der Waals surface area contributed by atoms with Gasteiger partial charge in [-0.1, -0.05) is 18.2 Å². The maximum Gasteiger partial charge on any atom is 0.205 e. The highest BCUT2D eigenvalue weighted by molar-refractivity contribution is 6.21. The highest BCUT2D eigenvalue weighted by atomic mass is 16.1. The Balaban J connectivity index is 1.79. The molecule has 5 rings (SSSR count). The molecule has 5 nitrogen and oxygen atoms in total. The van der Waals surface area contributed by atoms with E-state index < -0.39 is 0 Å². The van der Waals surface area contributed by atoms with Gasteiger partial charge in [0.25, 0.3) is 0 Å². The van der Waals surface area contributed by atoms with Crippen molar-refractivity contribution < 1.29 is 9.59 Å². The van der Waals surface area contributed by atoms with E-state index in [2.05, 4.69) is 15.0 Å². The van der Waals surface area contributed by atoms with Crippen LogP contribution in [0.1, 0.15) is 20.8 Å². The third-order valence-electron chi connectivity index (χ3n) is 4.45. The van der Waals surface area contributed by atoms with E-state index in [0.717, 1.165) is 21.8 Å². The average molecular weight is 325 g/mol. The number of fused-ring (bicyclic) bond motifs is 4. The summed E-state index contributed by atoms with van der Waals surface area (Å²) in [5, 5.41) is 2.15. The van der Waals surface area contributed by atoms with Crippen LogP contribution in [0, 0.1) is 0 Å². The smallest absolute Gasteiger partial charge is 0.205 e. The molecule has 0 spiro atoms. The number of ketones is 2. The molecule has 0 saturated carbocycles. The molecule has 1 aliphatic rings. The summed E-state index contributed by atoms with van der Waals surface area (Å²) in [4.78, 5) is 36.3. The molecule has 0 unspecified atom stereocenters. The number of rotatable bonds is 1. The van der Waals surface area contributed by atoms with Gasteiger partial charge in [0.2, 0.25) is 5.78 Å². The van der Waals surface area contributed by atoms with E-state index in [1.54, 1.807) is 18.3 Å². The maximum atomic E-state index is 12.1. The highest BCUT2D eigenvalue weighted by Gasteiger charge is 2.22. The minimum atomic E-state index is -0.264. The zero-order chi connectivity index (χ0) is 17.0. The van der Waals surface area contributed by atoms with E-state index in [0.29, 0.717) is 17.0 Å². The van der Waals surface area contributed by atoms with Crippen molar-refractivity contribution in [3.05, 3.63) is 72.1 Å². The van der Waals surface area contributed by atoms with Gasteiger partial charge in [-0.25, -0.2) is 4.98 Å². The molecule has 3 aromatic heterocycles. The van der Waals surface area contributed by atoms with E-state index in [1.807, 2.05) is 30.3 Å². The Morgan fingerprint density at radius 2 is 1.64 bits per heavy atom. The Hall–Kier alpha value is -3.60. The second-order valence-corrected chi connectivity index (χ2v) is 5.91. The average Bonchev–Trinajstić information content (AvgIpc) is 3.03. The molecule has 1 N–H and O–H groups in total. The van der Waals surface area contributed by atoms with Crippen molar-refractivity contribution in [3.63, 3.8) is 0 Å². The molecule has 0 saturated heterocycles. The van der Waals surface area contributed by atoms with Crippen LogP contribution in [0.3, 0.4) is 0 Å². The summed E-state index contributed by atoms with van der Waals surface area (Å²) in [5.41, 5.74) is 3.61. The number of pyridine rings is 2. The fraction of sp³-hybridized carbons (Fsp3) is 0. The molecule has 1 aromatic carbocycles. The van der Waals surface area contributed by atoms with Crippen LogP contribution in [0.15, 0.2) is 60.8 Å². The quantitative estimate of drug-likeness (QED) is 0.579. The number of aromatic nitrogens is 3. The number of nitrogens with one attached hydrogen (secondary N) is 1. The topological polar surface area (TPSA) is 75.7 Å². The lowest BCUT2D eigenvalue weighted by Crippen LogP contribution is -2.14. The Labute approximate surface area is 142 Å². The summed E-state index contributed by atoms with van der Waals surface area (Å²) >= 11 is 0. The molecule has 3 heterocycles. The van der Waals surface area contributed by atoms with Crippen molar-refractivity contribution >= 4 is 33.4 Å². The number of para-hydroxylation sites is 1. The zero-order valence-corrected chi connectivity index (χ0v) is 13.0. The Bertz CT molecular complexity index is 1230. The normalized spacial score (nSPS) is 13.6. The van der Waals surface area contributed by atoms with Crippen molar-refractivity contribution in [1.82, 2.24) is 15.0 Å². The predicted molar refractivity (Wildman–Crippen MR) is 94.6 cm³/mol. The first-order valence-corrected chi connectivity index (χ1v) is 7.86. The lowest BCUT2D eigenvalue weighted by molar-refractivity contribution is 0.0990. The number of benzene rings is 1. The largest absolute Gasteiger partial charge is 0.353 e. The molecule has 0 amide bonds. The van der Waals surface area contributed by atoms with E-state index in [-0.39, 0.29) is 17.3 Å². The number of aromatic amines is 1. The molecule has 4 aromatic rings. The van der Waals surface area contributed by atoms with Gasteiger partial charge in [-0.05, 0) is 36.4 Å². The fourth-order valence-electron chi connectivity index (χ4n) is 3.27. The summed E-state index contributed by atoms with van der Waals surface area (Å²) in [6, 6.07) is 13.3. The molecule has 0 atom stereocenters. The molecule has 0 radical (unpaired) electrons. The Morgan fingerprint density at radius 3 is 2.56 bits per heavy atom. The first kappa shape index (κ1) is 13.8. The maximum absolute atomic E-state index is 12.1. The first-order valence-electron chi connectivity index (χ1n) is 7.86. The molecule has 0 fully saturated rings. The molecular weight excluding hydrogens is 314 g/mol. The van der Waals surface area contributed by atoms with Gasteiger partial charge in [0.05, 0.1) is 16.8 Å². The van der Waals surface area contributed by atoms with Crippen LogP contribution in [-0.2, 0) is 0 Å². The minimum absolute atomic E-state index is 0.180. The minimum Gasteiger partial charge on any atom is -0.353 e. The number of hydrogen-bond donors (Lipinski definition) is 1. The van der Waals surface area contributed by atoms with Gasteiger partial charge >= 0.3 is 0 Å². The van der Waals surface area contributed by atoms with Crippen molar-refractivity contribution in [2.45, 2.75) is 0 Å². The van der Waals surface area contributed by atoms with Gasteiger partial charge < -0.3 is 4.98 Å². The van der Waals surface area contributed by atoms with E-state index in [4.69, 9.17) is 0 Å².